The van der Waals surface area contributed by atoms with Gasteiger partial charge in [0, 0.05) is 37.8 Å². The predicted octanol–water partition coefficient (Wildman–Crippen LogP) is 3.29. The number of ether oxygens (including phenoxy) is 1. The van der Waals surface area contributed by atoms with E-state index in [2.05, 4.69) is 5.10 Å². The molecule has 0 unspecified atom stereocenters. The number of aryl methyl sites for hydroxylation is 1. The first-order valence-corrected chi connectivity index (χ1v) is 9.68. The van der Waals surface area contributed by atoms with Crippen LogP contribution >= 0.6 is 11.6 Å². The number of halogens is 2. The van der Waals surface area contributed by atoms with Gasteiger partial charge in [-0.25, -0.2) is 13.9 Å². The number of aromatic nitrogens is 2. The van der Waals surface area contributed by atoms with Crippen LogP contribution in [0.3, 0.4) is 0 Å². The fraction of sp³-hybridized carbons (Fsp3) is 0.350. The van der Waals surface area contributed by atoms with Gasteiger partial charge >= 0.3 is 6.09 Å². The third kappa shape index (κ3) is 4.76. The van der Waals surface area contributed by atoms with Crippen molar-refractivity contribution in [2.24, 2.45) is 0 Å². The zero-order valence-electron chi connectivity index (χ0n) is 16.3. The normalized spacial score (nSPS) is 14.5. The van der Waals surface area contributed by atoms with Gasteiger partial charge in [0.2, 0.25) is 5.91 Å². The molecule has 1 aliphatic heterocycles. The zero-order valence-corrected chi connectivity index (χ0v) is 17.0. The Morgan fingerprint density at radius 1 is 1.17 bits per heavy atom. The van der Waals surface area contributed by atoms with Crippen molar-refractivity contribution in [1.29, 1.82) is 0 Å². The van der Waals surface area contributed by atoms with Crippen molar-refractivity contribution >= 4 is 29.7 Å². The molecule has 1 saturated heterocycles. The van der Waals surface area contributed by atoms with Crippen molar-refractivity contribution in [3.63, 3.8) is 0 Å². The van der Waals surface area contributed by atoms with Gasteiger partial charge in [-0.1, -0.05) is 11.6 Å². The van der Waals surface area contributed by atoms with Gasteiger partial charge in [0.1, 0.15) is 11.0 Å². The fourth-order valence-corrected chi connectivity index (χ4v) is 3.37. The Bertz CT molecular complexity index is 919. The zero-order chi connectivity index (χ0) is 21.0. The molecule has 1 aliphatic rings. The maximum absolute atomic E-state index is 13.1. The summed E-state index contributed by atoms with van der Waals surface area (Å²) in [6.07, 6.45) is 2.72. The van der Waals surface area contributed by atoms with Gasteiger partial charge < -0.3 is 14.5 Å². The standard InChI is InChI=1S/C20H22ClFN4O3/c1-3-29-20(28)25-12-10-24(11-13-25)18(27)9-8-17-14(2)23-26(19(17)21)16-6-4-15(22)5-7-16/h4-9H,3,10-13H2,1-2H3/b9-8+. The van der Waals surface area contributed by atoms with Gasteiger partial charge in [0.05, 0.1) is 18.0 Å². The molecule has 2 amide bonds. The number of amides is 2. The van der Waals surface area contributed by atoms with Gasteiger partial charge in [-0.05, 0) is 44.2 Å². The smallest absolute Gasteiger partial charge is 0.409 e. The van der Waals surface area contributed by atoms with Crippen LogP contribution in [0.25, 0.3) is 11.8 Å². The van der Waals surface area contributed by atoms with Gasteiger partial charge in [-0.3, -0.25) is 4.79 Å². The lowest BCUT2D eigenvalue weighted by Crippen LogP contribution is -2.50. The van der Waals surface area contributed by atoms with E-state index in [0.717, 1.165) is 0 Å². The number of nitrogens with zero attached hydrogens (tertiary/aromatic N) is 4. The van der Waals surface area contributed by atoms with Crippen molar-refractivity contribution in [2.45, 2.75) is 13.8 Å². The molecule has 154 valence electrons. The molecule has 1 aromatic heterocycles. The van der Waals surface area contributed by atoms with Gasteiger partial charge in [0.15, 0.2) is 0 Å². The molecule has 0 N–H and O–H groups in total. The number of rotatable bonds is 4. The van der Waals surface area contributed by atoms with Crippen LogP contribution in [0, 0.1) is 12.7 Å². The van der Waals surface area contributed by atoms with E-state index >= 15 is 0 Å². The first-order valence-electron chi connectivity index (χ1n) is 9.30. The quantitative estimate of drug-likeness (QED) is 0.712. The first-order chi connectivity index (χ1) is 13.9. The van der Waals surface area contributed by atoms with Gasteiger partial charge in [-0.2, -0.15) is 5.10 Å². The second-order valence-corrected chi connectivity index (χ2v) is 6.88. The van der Waals surface area contributed by atoms with Crippen LogP contribution < -0.4 is 0 Å². The Balaban J connectivity index is 1.67. The minimum Gasteiger partial charge on any atom is -0.450 e. The maximum Gasteiger partial charge on any atom is 0.409 e. The van der Waals surface area contributed by atoms with E-state index in [-0.39, 0.29) is 17.8 Å². The van der Waals surface area contributed by atoms with Crippen LogP contribution in [0.5, 0.6) is 0 Å². The molecule has 0 bridgehead atoms. The Morgan fingerprint density at radius 2 is 1.79 bits per heavy atom. The second-order valence-electron chi connectivity index (χ2n) is 6.52. The van der Waals surface area contributed by atoms with Crippen molar-refractivity contribution in [1.82, 2.24) is 19.6 Å². The molecule has 0 radical (unpaired) electrons. The molecular formula is C20H22ClFN4O3. The first kappa shape index (κ1) is 20.9. The Kier molecular flexibility index (Phi) is 6.53. The molecule has 0 saturated carbocycles. The third-order valence-electron chi connectivity index (χ3n) is 4.63. The summed E-state index contributed by atoms with van der Waals surface area (Å²) in [6.45, 7) is 5.60. The van der Waals surface area contributed by atoms with Gasteiger partial charge in [-0.15, -0.1) is 0 Å². The second kappa shape index (κ2) is 9.09. The lowest BCUT2D eigenvalue weighted by Gasteiger charge is -2.33. The average Bonchev–Trinajstić information content (AvgIpc) is 3.00. The predicted molar refractivity (Wildman–Crippen MR) is 107 cm³/mol. The summed E-state index contributed by atoms with van der Waals surface area (Å²) in [4.78, 5) is 27.5. The number of benzene rings is 1. The summed E-state index contributed by atoms with van der Waals surface area (Å²) >= 11 is 6.43. The highest BCUT2D eigenvalue weighted by Gasteiger charge is 2.24. The van der Waals surface area contributed by atoms with E-state index in [1.807, 2.05) is 0 Å². The minimum absolute atomic E-state index is 0.168. The summed E-state index contributed by atoms with van der Waals surface area (Å²) in [5.74, 6) is -0.513. The van der Waals surface area contributed by atoms with E-state index in [1.165, 1.54) is 22.9 Å². The molecule has 2 aromatic rings. The molecule has 1 fully saturated rings. The van der Waals surface area contributed by atoms with Crippen molar-refractivity contribution in [3.8, 4) is 5.69 Å². The number of carbonyl (C=O) groups is 2. The number of hydrogen-bond acceptors (Lipinski definition) is 4. The van der Waals surface area contributed by atoms with E-state index in [4.69, 9.17) is 16.3 Å². The molecule has 0 atom stereocenters. The summed E-state index contributed by atoms with van der Waals surface area (Å²) in [5, 5.41) is 4.71. The van der Waals surface area contributed by atoms with Crippen LogP contribution in [0.4, 0.5) is 9.18 Å². The van der Waals surface area contributed by atoms with E-state index in [9.17, 15) is 14.0 Å². The molecule has 0 spiro atoms. The molecular weight excluding hydrogens is 399 g/mol. The van der Waals surface area contributed by atoms with Crippen LogP contribution in [-0.2, 0) is 9.53 Å². The molecule has 7 nitrogen and oxygen atoms in total. The topological polar surface area (TPSA) is 67.7 Å². The highest BCUT2D eigenvalue weighted by atomic mass is 35.5. The number of carbonyl (C=O) groups excluding carboxylic acids is 2. The summed E-state index contributed by atoms with van der Waals surface area (Å²) < 4.78 is 19.6. The summed E-state index contributed by atoms with van der Waals surface area (Å²) in [7, 11) is 0. The SMILES string of the molecule is CCOC(=O)N1CCN(C(=O)/C=C/c2c(C)nn(-c3ccc(F)cc3)c2Cl)CC1. The fourth-order valence-electron chi connectivity index (χ4n) is 3.04. The molecule has 2 heterocycles. The summed E-state index contributed by atoms with van der Waals surface area (Å²) in [5.41, 5.74) is 1.89. The third-order valence-corrected chi connectivity index (χ3v) is 4.99. The Labute approximate surface area is 173 Å². The van der Waals surface area contributed by atoms with E-state index in [1.54, 1.807) is 41.9 Å². The van der Waals surface area contributed by atoms with Gasteiger partial charge in [0.25, 0.3) is 0 Å². The minimum atomic E-state index is -0.356. The number of hydrogen-bond donors (Lipinski definition) is 0. The molecule has 0 aliphatic carbocycles. The van der Waals surface area contributed by atoms with Crippen LogP contribution in [0.2, 0.25) is 5.15 Å². The van der Waals surface area contributed by atoms with Crippen LogP contribution in [0.15, 0.2) is 30.3 Å². The molecule has 9 heteroatoms. The van der Waals surface area contributed by atoms with Crippen LogP contribution in [-0.4, -0.2) is 64.4 Å². The van der Waals surface area contributed by atoms with Crippen LogP contribution in [0.1, 0.15) is 18.2 Å². The highest BCUT2D eigenvalue weighted by Crippen LogP contribution is 2.25. The number of piperazine rings is 1. The van der Waals surface area contributed by atoms with E-state index in [0.29, 0.717) is 54.9 Å². The average molecular weight is 421 g/mol. The lowest BCUT2D eigenvalue weighted by atomic mass is 10.2. The summed E-state index contributed by atoms with van der Waals surface area (Å²) in [6, 6.07) is 5.82. The Hall–Kier alpha value is -2.87. The Morgan fingerprint density at radius 3 is 2.41 bits per heavy atom. The monoisotopic (exact) mass is 420 g/mol. The lowest BCUT2D eigenvalue weighted by molar-refractivity contribution is -0.127. The molecule has 3 rings (SSSR count). The largest absolute Gasteiger partial charge is 0.450 e. The van der Waals surface area contributed by atoms with Crippen molar-refractivity contribution in [3.05, 3.63) is 52.6 Å². The van der Waals surface area contributed by atoms with E-state index < -0.39 is 0 Å². The van der Waals surface area contributed by atoms with Crippen molar-refractivity contribution < 1.29 is 18.7 Å². The molecule has 1 aromatic carbocycles. The molecule has 29 heavy (non-hydrogen) atoms. The highest BCUT2D eigenvalue weighted by molar-refractivity contribution is 6.31. The van der Waals surface area contributed by atoms with Crippen molar-refractivity contribution in [2.75, 3.05) is 32.8 Å². The maximum atomic E-state index is 13.1.